The normalized spacial score (nSPS) is 30.1. The number of aliphatic imine (C=N–C) groups is 1. The summed E-state index contributed by atoms with van der Waals surface area (Å²) < 4.78 is 0. The van der Waals surface area contributed by atoms with E-state index in [9.17, 15) is 4.91 Å². The SMILES string of the molecule is CC1=NC(C)(Cl)NC=C1N=O. The van der Waals surface area contributed by atoms with Gasteiger partial charge in [-0.05, 0) is 19.0 Å². The lowest BCUT2D eigenvalue weighted by Gasteiger charge is -2.22. The molecule has 4 nitrogen and oxygen atoms in total. The summed E-state index contributed by atoms with van der Waals surface area (Å²) in [5.74, 6) is 0. The van der Waals surface area contributed by atoms with Crippen LogP contribution in [0.15, 0.2) is 22.1 Å². The smallest absolute Gasteiger partial charge is 0.203 e. The molecule has 1 heterocycles. The Morgan fingerprint density at radius 1 is 1.82 bits per heavy atom. The average Bonchev–Trinajstić information content (AvgIpc) is 1.86. The van der Waals surface area contributed by atoms with Crippen LogP contribution in [-0.4, -0.2) is 10.8 Å². The average molecular weight is 174 g/mol. The van der Waals surface area contributed by atoms with E-state index in [-0.39, 0.29) is 0 Å². The van der Waals surface area contributed by atoms with Gasteiger partial charge in [-0.3, -0.25) is 0 Å². The van der Waals surface area contributed by atoms with Gasteiger partial charge in [-0.25, -0.2) is 4.99 Å². The van der Waals surface area contributed by atoms with Crippen LogP contribution in [0, 0.1) is 4.91 Å². The zero-order chi connectivity index (χ0) is 8.48. The Kier molecular flexibility index (Phi) is 1.95. The Morgan fingerprint density at radius 2 is 2.45 bits per heavy atom. The Morgan fingerprint density at radius 3 is 2.91 bits per heavy atom. The quantitative estimate of drug-likeness (QED) is 0.372. The van der Waals surface area contributed by atoms with Crippen LogP contribution in [0.1, 0.15) is 13.8 Å². The Labute approximate surface area is 69.3 Å². The van der Waals surface area contributed by atoms with Crippen LogP contribution in [0.5, 0.6) is 0 Å². The predicted octanol–water partition coefficient (Wildman–Crippen LogP) is 1.57. The molecule has 60 valence electrons. The maximum atomic E-state index is 10.1. The molecule has 1 aliphatic heterocycles. The first-order valence-electron chi connectivity index (χ1n) is 3.12. The van der Waals surface area contributed by atoms with Gasteiger partial charge in [0.25, 0.3) is 0 Å². The minimum atomic E-state index is -0.835. The minimum absolute atomic E-state index is 0.295. The first-order valence-corrected chi connectivity index (χ1v) is 3.50. The second-order valence-electron chi connectivity index (χ2n) is 2.42. The summed E-state index contributed by atoms with van der Waals surface area (Å²) in [5, 5.41) is 4.63. The van der Waals surface area contributed by atoms with E-state index in [1.54, 1.807) is 13.8 Å². The van der Waals surface area contributed by atoms with Crippen LogP contribution in [0.2, 0.25) is 0 Å². The van der Waals surface area contributed by atoms with Crippen LogP contribution >= 0.6 is 11.6 Å². The monoisotopic (exact) mass is 173 g/mol. The van der Waals surface area contributed by atoms with E-state index in [0.29, 0.717) is 11.4 Å². The number of halogens is 1. The van der Waals surface area contributed by atoms with Crippen LogP contribution in [-0.2, 0) is 0 Å². The van der Waals surface area contributed by atoms with Crippen molar-refractivity contribution < 1.29 is 0 Å². The maximum Gasteiger partial charge on any atom is 0.203 e. The van der Waals surface area contributed by atoms with Gasteiger partial charge >= 0.3 is 0 Å². The van der Waals surface area contributed by atoms with Crippen molar-refractivity contribution >= 4 is 17.3 Å². The van der Waals surface area contributed by atoms with Gasteiger partial charge in [0.15, 0.2) is 0 Å². The molecular weight excluding hydrogens is 166 g/mol. The number of nitrogens with one attached hydrogen (secondary N) is 1. The molecule has 1 unspecified atom stereocenters. The number of rotatable bonds is 1. The predicted molar refractivity (Wildman–Crippen MR) is 44.4 cm³/mol. The molecular formula is C6H8ClN3O. The first kappa shape index (κ1) is 8.20. The van der Waals surface area contributed by atoms with Crippen molar-refractivity contribution in [2.24, 2.45) is 10.2 Å². The molecule has 5 heteroatoms. The molecule has 0 aromatic rings. The highest BCUT2D eigenvalue weighted by Crippen LogP contribution is 2.18. The summed E-state index contributed by atoms with van der Waals surface area (Å²) in [5.41, 5.74) is 0.847. The number of allylic oxidation sites excluding steroid dienone is 1. The fourth-order valence-electron chi connectivity index (χ4n) is 0.801. The Hall–Kier alpha value is -0.900. The summed E-state index contributed by atoms with van der Waals surface area (Å²) in [6.45, 7) is 3.38. The number of hydrogen-bond acceptors (Lipinski definition) is 4. The van der Waals surface area contributed by atoms with Crippen LogP contribution in [0.25, 0.3) is 0 Å². The largest absolute Gasteiger partial charge is 0.353 e. The second kappa shape index (κ2) is 2.62. The third kappa shape index (κ3) is 1.77. The van der Waals surface area contributed by atoms with Crippen molar-refractivity contribution in [3.05, 3.63) is 16.8 Å². The van der Waals surface area contributed by atoms with Crippen molar-refractivity contribution in [2.45, 2.75) is 19.0 Å². The van der Waals surface area contributed by atoms with Gasteiger partial charge in [0, 0.05) is 6.20 Å². The van der Waals surface area contributed by atoms with E-state index in [1.165, 1.54) is 6.20 Å². The molecule has 0 fully saturated rings. The minimum Gasteiger partial charge on any atom is -0.353 e. The number of nitroso groups, excluding NO2 is 1. The molecule has 0 aromatic carbocycles. The number of hydrogen-bond donors (Lipinski definition) is 1. The van der Waals surface area contributed by atoms with E-state index < -0.39 is 5.12 Å². The fraction of sp³-hybridized carbons (Fsp3) is 0.500. The highest BCUT2D eigenvalue weighted by Gasteiger charge is 2.22. The molecule has 1 atom stereocenters. The molecule has 0 aliphatic carbocycles. The molecule has 11 heavy (non-hydrogen) atoms. The maximum absolute atomic E-state index is 10.1. The van der Waals surface area contributed by atoms with Crippen LogP contribution in [0.3, 0.4) is 0 Å². The topological polar surface area (TPSA) is 53.8 Å². The summed E-state index contributed by atoms with van der Waals surface area (Å²) in [4.78, 5) is 14.1. The van der Waals surface area contributed by atoms with Gasteiger partial charge in [0.1, 0.15) is 5.70 Å². The van der Waals surface area contributed by atoms with Gasteiger partial charge in [0.05, 0.1) is 5.71 Å². The highest BCUT2D eigenvalue weighted by molar-refractivity contribution is 6.24. The van der Waals surface area contributed by atoms with Gasteiger partial charge in [-0.1, -0.05) is 11.6 Å². The molecule has 1 rings (SSSR count). The zero-order valence-electron chi connectivity index (χ0n) is 6.26. The van der Waals surface area contributed by atoms with Crippen molar-refractivity contribution in [3.8, 4) is 0 Å². The van der Waals surface area contributed by atoms with E-state index in [2.05, 4.69) is 15.5 Å². The van der Waals surface area contributed by atoms with Gasteiger partial charge in [-0.2, -0.15) is 0 Å². The lowest BCUT2D eigenvalue weighted by molar-refractivity contribution is 0.587. The number of nitrogens with zero attached hydrogens (tertiary/aromatic N) is 2. The van der Waals surface area contributed by atoms with Crippen LogP contribution in [0.4, 0.5) is 0 Å². The van der Waals surface area contributed by atoms with Crippen LogP contribution < -0.4 is 5.32 Å². The fourth-order valence-corrected chi connectivity index (χ4v) is 0.983. The van der Waals surface area contributed by atoms with E-state index in [4.69, 9.17) is 11.6 Å². The highest BCUT2D eigenvalue weighted by atomic mass is 35.5. The van der Waals surface area contributed by atoms with Gasteiger partial charge < -0.3 is 5.32 Å². The first-order chi connectivity index (χ1) is 5.05. The summed E-state index contributed by atoms with van der Waals surface area (Å²) in [7, 11) is 0. The third-order valence-corrected chi connectivity index (χ3v) is 1.51. The summed E-state index contributed by atoms with van der Waals surface area (Å²) in [6.07, 6.45) is 1.46. The Balaban J connectivity index is 2.91. The second-order valence-corrected chi connectivity index (χ2v) is 3.15. The lowest BCUT2D eigenvalue weighted by atomic mass is 10.3. The molecule has 0 saturated carbocycles. The summed E-state index contributed by atoms with van der Waals surface area (Å²) in [6, 6.07) is 0. The Bertz CT molecular complexity index is 244. The van der Waals surface area contributed by atoms with Crippen molar-refractivity contribution in [2.75, 3.05) is 0 Å². The standard InChI is InChI=1S/C6H8ClN3O/c1-4-5(10-11)3-8-6(2,7)9-4/h3,8H,1-2H3. The molecule has 0 radical (unpaired) electrons. The van der Waals surface area contributed by atoms with Crippen molar-refractivity contribution in [1.29, 1.82) is 0 Å². The molecule has 0 amide bonds. The van der Waals surface area contributed by atoms with Crippen molar-refractivity contribution in [1.82, 2.24) is 5.32 Å². The van der Waals surface area contributed by atoms with Gasteiger partial charge in [-0.15, -0.1) is 4.91 Å². The zero-order valence-corrected chi connectivity index (χ0v) is 7.01. The molecule has 1 aliphatic rings. The lowest BCUT2D eigenvalue weighted by Crippen LogP contribution is -2.35. The van der Waals surface area contributed by atoms with Gasteiger partial charge in [0.2, 0.25) is 5.12 Å². The molecule has 0 spiro atoms. The third-order valence-electron chi connectivity index (χ3n) is 1.32. The molecule has 0 bridgehead atoms. The molecule has 0 aromatic heterocycles. The van der Waals surface area contributed by atoms with Crippen molar-refractivity contribution in [3.63, 3.8) is 0 Å². The van der Waals surface area contributed by atoms with E-state index in [0.717, 1.165) is 0 Å². The summed E-state index contributed by atoms with van der Waals surface area (Å²) >= 11 is 5.80. The van der Waals surface area contributed by atoms with E-state index >= 15 is 0 Å². The number of alkyl halides is 1. The molecule has 0 saturated heterocycles. The molecule has 1 N–H and O–H groups in total. The van der Waals surface area contributed by atoms with E-state index in [1.807, 2.05) is 0 Å².